The first-order valence-corrected chi connectivity index (χ1v) is 12.5. The standard InChI is InChI=1S/C27H45N3O4/c1-10-13-16-28-24(31)23(21-15-14-18(4)17-20(21)6)30(12-3)25(32)22(19(5)11-2)29-26(33)34-27(7,8)9/h14-15,17,19,22-23H,10-13,16H2,1-9H3,(H,28,31)(H,29,33). The number of benzene rings is 1. The second-order valence-corrected chi connectivity index (χ2v) is 10.0. The zero-order chi connectivity index (χ0) is 26.1. The number of amides is 3. The van der Waals surface area contributed by atoms with Crippen molar-refractivity contribution in [3.63, 3.8) is 0 Å². The highest BCUT2D eigenvalue weighted by Gasteiger charge is 2.37. The fourth-order valence-electron chi connectivity index (χ4n) is 3.83. The highest BCUT2D eigenvalue weighted by Crippen LogP contribution is 2.27. The molecule has 3 atom stereocenters. The summed E-state index contributed by atoms with van der Waals surface area (Å²) in [5.74, 6) is -0.647. The summed E-state index contributed by atoms with van der Waals surface area (Å²) in [6.45, 7) is 18.0. The number of nitrogens with zero attached hydrogens (tertiary/aromatic N) is 1. The third-order valence-electron chi connectivity index (χ3n) is 5.88. The molecule has 0 radical (unpaired) electrons. The summed E-state index contributed by atoms with van der Waals surface area (Å²) in [7, 11) is 0. The molecule has 0 spiro atoms. The van der Waals surface area contributed by atoms with Crippen molar-refractivity contribution in [1.29, 1.82) is 0 Å². The Kier molecular flexibility index (Phi) is 11.6. The maximum Gasteiger partial charge on any atom is 0.408 e. The lowest BCUT2D eigenvalue weighted by molar-refractivity contribution is -0.143. The number of unbranched alkanes of at least 4 members (excludes halogenated alkanes) is 1. The van der Waals surface area contributed by atoms with Crippen LogP contribution in [0.15, 0.2) is 18.2 Å². The molecule has 1 aromatic rings. The van der Waals surface area contributed by atoms with Crippen LogP contribution >= 0.6 is 0 Å². The van der Waals surface area contributed by atoms with Crippen LogP contribution in [0.2, 0.25) is 0 Å². The molecule has 7 nitrogen and oxygen atoms in total. The van der Waals surface area contributed by atoms with Gasteiger partial charge in [0, 0.05) is 13.1 Å². The third kappa shape index (κ3) is 8.65. The fraction of sp³-hybridized carbons (Fsp3) is 0.667. The van der Waals surface area contributed by atoms with Crippen molar-refractivity contribution in [1.82, 2.24) is 15.5 Å². The molecule has 0 aliphatic heterocycles. The predicted octanol–water partition coefficient (Wildman–Crippen LogP) is 5.05. The molecule has 3 amide bonds. The average molecular weight is 476 g/mol. The first-order valence-electron chi connectivity index (χ1n) is 12.5. The number of nitrogens with one attached hydrogen (secondary N) is 2. The summed E-state index contributed by atoms with van der Waals surface area (Å²) < 4.78 is 5.42. The van der Waals surface area contributed by atoms with Crippen molar-refractivity contribution in [3.8, 4) is 0 Å². The molecule has 0 aromatic heterocycles. The Labute approximate surface area is 206 Å². The monoisotopic (exact) mass is 475 g/mol. The topological polar surface area (TPSA) is 87.7 Å². The molecule has 192 valence electrons. The minimum atomic E-state index is -0.809. The molecule has 3 unspecified atom stereocenters. The van der Waals surface area contributed by atoms with E-state index in [1.807, 2.05) is 52.8 Å². The summed E-state index contributed by atoms with van der Waals surface area (Å²) in [6.07, 6.45) is 1.86. The average Bonchev–Trinajstić information content (AvgIpc) is 2.74. The number of carbonyl (C=O) groups excluding carboxylic acids is 3. The normalized spacial score (nSPS) is 14.0. The summed E-state index contributed by atoms with van der Waals surface area (Å²) in [5.41, 5.74) is 2.14. The second kappa shape index (κ2) is 13.4. The van der Waals surface area contributed by atoms with Crippen molar-refractivity contribution in [3.05, 3.63) is 34.9 Å². The minimum Gasteiger partial charge on any atom is -0.444 e. The number of hydrogen-bond donors (Lipinski definition) is 2. The van der Waals surface area contributed by atoms with Gasteiger partial charge < -0.3 is 20.3 Å². The van der Waals surface area contributed by atoms with E-state index in [0.717, 1.165) is 29.5 Å². The van der Waals surface area contributed by atoms with Gasteiger partial charge in [0.25, 0.3) is 0 Å². The number of likely N-dealkylation sites (N-methyl/N-ethyl adjacent to an activating group) is 1. The zero-order valence-corrected chi connectivity index (χ0v) is 22.6. The van der Waals surface area contributed by atoms with E-state index in [-0.39, 0.29) is 17.7 Å². The Morgan fingerprint density at radius 1 is 1.09 bits per heavy atom. The van der Waals surface area contributed by atoms with Gasteiger partial charge in [0.2, 0.25) is 11.8 Å². The minimum absolute atomic E-state index is 0.142. The Morgan fingerprint density at radius 3 is 2.24 bits per heavy atom. The summed E-state index contributed by atoms with van der Waals surface area (Å²) in [4.78, 5) is 41.4. The van der Waals surface area contributed by atoms with E-state index in [4.69, 9.17) is 4.74 Å². The number of carbonyl (C=O) groups is 3. The molecule has 7 heteroatoms. The van der Waals surface area contributed by atoms with E-state index < -0.39 is 23.8 Å². The van der Waals surface area contributed by atoms with Crippen molar-refractivity contribution in [2.24, 2.45) is 5.92 Å². The summed E-state index contributed by atoms with van der Waals surface area (Å²) >= 11 is 0. The van der Waals surface area contributed by atoms with Crippen LogP contribution in [0, 0.1) is 19.8 Å². The smallest absolute Gasteiger partial charge is 0.408 e. The lowest BCUT2D eigenvalue weighted by Crippen LogP contribution is -2.55. The molecule has 2 N–H and O–H groups in total. The highest BCUT2D eigenvalue weighted by molar-refractivity contribution is 5.92. The van der Waals surface area contributed by atoms with Gasteiger partial charge in [-0.15, -0.1) is 0 Å². The van der Waals surface area contributed by atoms with Gasteiger partial charge in [-0.3, -0.25) is 9.59 Å². The molecule has 0 saturated heterocycles. The van der Waals surface area contributed by atoms with Crippen LogP contribution in [0.3, 0.4) is 0 Å². The van der Waals surface area contributed by atoms with Gasteiger partial charge in [0.05, 0.1) is 0 Å². The van der Waals surface area contributed by atoms with Gasteiger partial charge in [-0.2, -0.15) is 0 Å². The van der Waals surface area contributed by atoms with E-state index in [1.165, 1.54) is 0 Å². The summed E-state index contributed by atoms with van der Waals surface area (Å²) in [6, 6.07) is 4.30. The number of hydrogen-bond acceptors (Lipinski definition) is 4. The molecule has 0 fully saturated rings. The predicted molar refractivity (Wildman–Crippen MR) is 137 cm³/mol. The largest absolute Gasteiger partial charge is 0.444 e. The maximum absolute atomic E-state index is 13.9. The summed E-state index contributed by atoms with van der Waals surface area (Å²) in [5, 5.41) is 5.78. The van der Waals surface area contributed by atoms with E-state index in [2.05, 4.69) is 17.6 Å². The van der Waals surface area contributed by atoms with Gasteiger partial charge in [0.1, 0.15) is 17.7 Å². The van der Waals surface area contributed by atoms with E-state index in [1.54, 1.807) is 25.7 Å². The van der Waals surface area contributed by atoms with Crippen LogP contribution in [0.1, 0.15) is 90.5 Å². The van der Waals surface area contributed by atoms with Crippen molar-refractivity contribution >= 4 is 17.9 Å². The number of aryl methyl sites for hydroxylation is 2. The quantitative estimate of drug-likeness (QED) is 0.439. The van der Waals surface area contributed by atoms with Crippen LogP contribution in [0.4, 0.5) is 4.79 Å². The molecular weight excluding hydrogens is 430 g/mol. The molecule has 1 aromatic carbocycles. The van der Waals surface area contributed by atoms with Gasteiger partial charge >= 0.3 is 6.09 Å². The third-order valence-corrected chi connectivity index (χ3v) is 5.88. The van der Waals surface area contributed by atoms with Crippen LogP contribution in [0.5, 0.6) is 0 Å². The fourth-order valence-corrected chi connectivity index (χ4v) is 3.83. The first kappa shape index (κ1) is 29.5. The highest BCUT2D eigenvalue weighted by atomic mass is 16.6. The molecule has 0 heterocycles. The van der Waals surface area contributed by atoms with Crippen LogP contribution in [-0.2, 0) is 14.3 Å². The lowest BCUT2D eigenvalue weighted by atomic mass is 9.94. The van der Waals surface area contributed by atoms with Gasteiger partial charge in [-0.05, 0) is 65.0 Å². The van der Waals surface area contributed by atoms with Crippen LogP contribution < -0.4 is 10.6 Å². The molecule has 0 saturated carbocycles. The van der Waals surface area contributed by atoms with Crippen molar-refractivity contribution < 1.29 is 19.1 Å². The Balaban J connectivity index is 3.40. The maximum atomic E-state index is 13.9. The number of ether oxygens (including phenoxy) is 1. The van der Waals surface area contributed by atoms with E-state index in [9.17, 15) is 14.4 Å². The molecular formula is C27H45N3O4. The second-order valence-electron chi connectivity index (χ2n) is 10.0. The number of alkyl carbamates (subject to hydrolysis) is 1. The van der Waals surface area contributed by atoms with E-state index >= 15 is 0 Å². The zero-order valence-electron chi connectivity index (χ0n) is 22.6. The molecule has 0 bridgehead atoms. The molecule has 0 aliphatic carbocycles. The van der Waals surface area contributed by atoms with Crippen molar-refractivity contribution in [2.75, 3.05) is 13.1 Å². The SMILES string of the molecule is CCCCNC(=O)C(c1ccc(C)cc1C)N(CC)C(=O)C(NC(=O)OC(C)(C)C)C(C)CC. The van der Waals surface area contributed by atoms with Crippen molar-refractivity contribution in [2.45, 2.75) is 99.3 Å². The van der Waals surface area contributed by atoms with E-state index in [0.29, 0.717) is 19.5 Å². The lowest BCUT2D eigenvalue weighted by Gasteiger charge is -2.36. The molecule has 1 rings (SSSR count). The number of rotatable bonds is 11. The van der Waals surface area contributed by atoms with Gasteiger partial charge in [-0.1, -0.05) is 57.4 Å². The van der Waals surface area contributed by atoms with Gasteiger partial charge in [0.15, 0.2) is 0 Å². The van der Waals surface area contributed by atoms with Crippen LogP contribution in [0.25, 0.3) is 0 Å². The first-order chi connectivity index (χ1) is 15.9. The Morgan fingerprint density at radius 2 is 1.74 bits per heavy atom. The molecule has 34 heavy (non-hydrogen) atoms. The Bertz CT molecular complexity index is 832. The van der Waals surface area contributed by atoms with Crippen LogP contribution in [-0.4, -0.2) is 47.5 Å². The Hall–Kier alpha value is -2.57. The van der Waals surface area contributed by atoms with Gasteiger partial charge in [-0.25, -0.2) is 4.79 Å². The molecule has 0 aliphatic rings.